The van der Waals surface area contributed by atoms with E-state index in [9.17, 15) is 5.11 Å². The van der Waals surface area contributed by atoms with Crippen LogP contribution in [-0.4, -0.2) is 16.7 Å². The molecule has 90 valence electrons. The van der Waals surface area contributed by atoms with Crippen LogP contribution in [0.2, 0.25) is 0 Å². The summed E-state index contributed by atoms with van der Waals surface area (Å²) in [6.45, 7) is 4.27. The van der Waals surface area contributed by atoms with Crippen molar-refractivity contribution in [3.8, 4) is 0 Å². The largest absolute Gasteiger partial charge is 0.396 e. The number of rotatable bonds is 4. The van der Waals surface area contributed by atoms with Gasteiger partial charge in [-0.1, -0.05) is 29.8 Å². The molecule has 0 spiro atoms. The summed E-state index contributed by atoms with van der Waals surface area (Å²) < 4.78 is 0. The fourth-order valence-electron chi connectivity index (χ4n) is 1.95. The number of aromatic nitrogens is 1. The third-order valence-electron chi connectivity index (χ3n) is 2.85. The first kappa shape index (κ1) is 12.3. The smallest absolute Gasteiger partial charge is 0.0896 e. The topological polar surface area (TPSA) is 33.1 Å². The van der Waals surface area contributed by atoms with E-state index in [1.165, 1.54) is 16.0 Å². The Labute approximate surface area is 106 Å². The number of thiazole rings is 1. The average molecular weight is 247 g/mol. The SMILES string of the molecule is Cc1cccc(C(CO)Cc2cnc(C)s2)c1. The molecule has 1 N–H and O–H groups in total. The van der Waals surface area contributed by atoms with Crippen molar-refractivity contribution in [2.75, 3.05) is 6.61 Å². The highest BCUT2D eigenvalue weighted by molar-refractivity contribution is 7.11. The van der Waals surface area contributed by atoms with Crippen molar-refractivity contribution < 1.29 is 5.11 Å². The van der Waals surface area contributed by atoms with Gasteiger partial charge in [0, 0.05) is 17.0 Å². The number of aliphatic hydroxyl groups is 1. The van der Waals surface area contributed by atoms with Gasteiger partial charge in [0.25, 0.3) is 0 Å². The first-order valence-corrected chi connectivity index (χ1v) is 6.59. The van der Waals surface area contributed by atoms with Gasteiger partial charge in [0.2, 0.25) is 0 Å². The molecule has 2 aromatic rings. The molecule has 0 radical (unpaired) electrons. The lowest BCUT2D eigenvalue weighted by Crippen LogP contribution is -2.07. The second-order valence-electron chi connectivity index (χ2n) is 4.34. The summed E-state index contributed by atoms with van der Waals surface area (Å²) in [5, 5.41) is 10.6. The van der Waals surface area contributed by atoms with E-state index in [-0.39, 0.29) is 12.5 Å². The Balaban J connectivity index is 2.16. The molecule has 0 aliphatic carbocycles. The third kappa shape index (κ3) is 3.14. The molecule has 3 heteroatoms. The molecule has 1 heterocycles. The highest BCUT2D eigenvalue weighted by Crippen LogP contribution is 2.24. The summed E-state index contributed by atoms with van der Waals surface area (Å²) in [5.41, 5.74) is 2.44. The second-order valence-corrected chi connectivity index (χ2v) is 5.66. The van der Waals surface area contributed by atoms with E-state index in [4.69, 9.17) is 0 Å². The lowest BCUT2D eigenvalue weighted by atomic mass is 9.95. The fourth-order valence-corrected chi connectivity index (χ4v) is 2.83. The first-order chi connectivity index (χ1) is 8.19. The number of hydrogen-bond donors (Lipinski definition) is 1. The molecular formula is C14H17NOS. The Morgan fingerprint density at radius 2 is 2.18 bits per heavy atom. The number of aryl methyl sites for hydroxylation is 2. The third-order valence-corrected chi connectivity index (χ3v) is 3.79. The van der Waals surface area contributed by atoms with Crippen molar-refractivity contribution in [2.45, 2.75) is 26.2 Å². The maximum absolute atomic E-state index is 9.52. The normalized spacial score (nSPS) is 12.6. The van der Waals surface area contributed by atoms with Crippen molar-refractivity contribution in [3.63, 3.8) is 0 Å². The van der Waals surface area contributed by atoms with Crippen LogP contribution in [0.1, 0.15) is 26.9 Å². The zero-order chi connectivity index (χ0) is 12.3. The minimum absolute atomic E-state index is 0.176. The summed E-state index contributed by atoms with van der Waals surface area (Å²) in [7, 11) is 0. The van der Waals surface area contributed by atoms with E-state index >= 15 is 0 Å². The molecule has 2 nitrogen and oxygen atoms in total. The maximum Gasteiger partial charge on any atom is 0.0896 e. The quantitative estimate of drug-likeness (QED) is 0.900. The number of benzene rings is 1. The van der Waals surface area contributed by atoms with E-state index in [0.717, 1.165) is 11.4 Å². The number of nitrogens with zero attached hydrogens (tertiary/aromatic N) is 1. The average Bonchev–Trinajstić information content (AvgIpc) is 2.72. The van der Waals surface area contributed by atoms with Crippen LogP contribution in [0.25, 0.3) is 0 Å². The molecular weight excluding hydrogens is 230 g/mol. The lowest BCUT2D eigenvalue weighted by Gasteiger charge is -2.13. The van der Waals surface area contributed by atoms with Crippen LogP contribution >= 0.6 is 11.3 Å². The maximum atomic E-state index is 9.52. The predicted molar refractivity (Wildman–Crippen MR) is 71.6 cm³/mol. The number of hydrogen-bond acceptors (Lipinski definition) is 3. The zero-order valence-corrected chi connectivity index (χ0v) is 11.0. The summed E-state index contributed by atoms with van der Waals surface area (Å²) in [6, 6.07) is 8.36. The minimum atomic E-state index is 0.176. The van der Waals surface area contributed by atoms with Gasteiger partial charge in [0.1, 0.15) is 0 Å². The molecule has 0 aliphatic rings. The molecule has 0 aliphatic heterocycles. The van der Waals surface area contributed by atoms with Crippen molar-refractivity contribution in [1.29, 1.82) is 0 Å². The predicted octanol–water partition coefficient (Wildman–Crippen LogP) is 3.08. The molecule has 0 saturated heterocycles. The number of aliphatic hydroxyl groups excluding tert-OH is 1. The summed E-state index contributed by atoms with van der Waals surface area (Å²) in [4.78, 5) is 5.49. The van der Waals surface area contributed by atoms with Crippen LogP contribution in [0.4, 0.5) is 0 Å². The van der Waals surface area contributed by atoms with E-state index in [2.05, 4.69) is 30.1 Å². The molecule has 1 aromatic heterocycles. The van der Waals surface area contributed by atoms with Gasteiger partial charge in [-0.3, -0.25) is 0 Å². The highest BCUT2D eigenvalue weighted by atomic mass is 32.1. The van der Waals surface area contributed by atoms with Gasteiger partial charge in [0.05, 0.1) is 11.6 Å². The monoisotopic (exact) mass is 247 g/mol. The van der Waals surface area contributed by atoms with Gasteiger partial charge in [-0.2, -0.15) is 0 Å². The second kappa shape index (κ2) is 5.43. The summed E-state index contributed by atoms with van der Waals surface area (Å²) >= 11 is 1.71. The van der Waals surface area contributed by atoms with Crippen LogP contribution < -0.4 is 0 Å². The van der Waals surface area contributed by atoms with Gasteiger partial charge < -0.3 is 5.11 Å². The van der Waals surface area contributed by atoms with Crippen LogP contribution in [-0.2, 0) is 6.42 Å². The van der Waals surface area contributed by atoms with Gasteiger partial charge >= 0.3 is 0 Å². The molecule has 0 amide bonds. The van der Waals surface area contributed by atoms with Gasteiger partial charge in [-0.05, 0) is 25.8 Å². The molecule has 17 heavy (non-hydrogen) atoms. The van der Waals surface area contributed by atoms with Crippen molar-refractivity contribution in [3.05, 3.63) is 51.5 Å². The molecule has 0 bridgehead atoms. The van der Waals surface area contributed by atoms with Gasteiger partial charge in [0.15, 0.2) is 0 Å². The zero-order valence-electron chi connectivity index (χ0n) is 10.2. The molecule has 1 aromatic carbocycles. The standard InChI is InChI=1S/C14H17NOS/c1-10-4-3-5-12(6-10)13(9-16)7-14-8-15-11(2)17-14/h3-6,8,13,16H,7,9H2,1-2H3. The highest BCUT2D eigenvalue weighted by Gasteiger charge is 2.12. The fraction of sp³-hybridized carbons (Fsp3) is 0.357. The van der Waals surface area contributed by atoms with E-state index in [0.29, 0.717) is 0 Å². The Bertz CT molecular complexity index is 492. The lowest BCUT2D eigenvalue weighted by molar-refractivity contribution is 0.265. The Kier molecular flexibility index (Phi) is 3.92. The molecule has 0 saturated carbocycles. The van der Waals surface area contributed by atoms with Crippen LogP contribution in [0, 0.1) is 13.8 Å². The van der Waals surface area contributed by atoms with Crippen molar-refractivity contribution in [2.24, 2.45) is 0 Å². The van der Waals surface area contributed by atoms with Crippen LogP contribution in [0.3, 0.4) is 0 Å². The minimum Gasteiger partial charge on any atom is -0.396 e. The van der Waals surface area contributed by atoms with E-state index in [1.54, 1.807) is 11.3 Å². The molecule has 1 atom stereocenters. The van der Waals surface area contributed by atoms with Crippen LogP contribution in [0.15, 0.2) is 30.5 Å². The van der Waals surface area contributed by atoms with Gasteiger partial charge in [-0.15, -0.1) is 11.3 Å². The summed E-state index contributed by atoms with van der Waals surface area (Å²) in [6.07, 6.45) is 2.78. The van der Waals surface area contributed by atoms with Crippen molar-refractivity contribution in [1.82, 2.24) is 4.98 Å². The molecule has 2 rings (SSSR count). The Morgan fingerprint density at radius 3 is 2.76 bits per heavy atom. The summed E-state index contributed by atoms with van der Waals surface area (Å²) in [5.74, 6) is 0.176. The van der Waals surface area contributed by atoms with E-state index < -0.39 is 0 Å². The molecule has 1 unspecified atom stereocenters. The van der Waals surface area contributed by atoms with Gasteiger partial charge in [-0.25, -0.2) is 4.98 Å². The molecule has 0 fully saturated rings. The first-order valence-electron chi connectivity index (χ1n) is 5.78. The van der Waals surface area contributed by atoms with Crippen molar-refractivity contribution >= 4 is 11.3 Å². The Hall–Kier alpha value is -1.19. The van der Waals surface area contributed by atoms with Crippen LogP contribution in [0.5, 0.6) is 0 Å². The van der Waals surface area contributed by atoms with E-state index in [1.807, 2.05) is 19.2 Å². The Morgan fingerprint density at radius 1 is 1.35 bits per heavy atom.